The molecule has 0 aliphatic heterocycles. The average Bonchev–Trinajstić information content (AvgIpc) is 2.64. The highest BCUT2D eigenvalue weighted by Crippen LogP contribution is 2.24. The lowest BCUT2D eigenvalue weighted by atomic mass is 10.5. The van der Waals surface area contributed by atoms with Gasteiger partial charge in [-0.15, -0.1) is 11.3 Å². The van der Waals surface area contributed by atoms with Gasteiger partial charge in [0.25, 0.3) is 0 Å². The van der Waals surface area contributed by atoms with E-state index in [1.807, 2.05) is 0 Å². The van der Waals surface area contributed by atoms with Crippen LogP contribution in [-0.4, -0.2) is 26.7 Å². The van der Waals surface area contributed by atoms with E-state index in [1.54, 1.807) is 13.8 Å². The van der Waals surface area contributed by atoms with E-state index < -0.39 is 21.2 Å². The second-order valence-electron chi connectivity index (χ2n) is 3.35. The van der Waals surface area contributed by atoms with Gasteiger partial charge in [-0.1, -0.05) is 0 Å². The molecule has 0 aliphatic rings. The molecule has 7 heteroatoms. The lowest BCUT2D eigenvalue weighted by Gasteiger charge is -2.07. The Morgan fingerprint density at radius 2 is 2.06 bits per heavy atom. The molecule has 5 nitrogen and oxygen atoms in total. The summed E-state index contributed by atoms with van der Waals surface area (Å²) in [5, 5.41) is -0.106. The molecule has 16 heavy (non-hydrogen) atoms. The van der Waals surface area contributed by atoms with E-state index >= 15 is 0 Å². The smallest absolute Gasteiger partial charge is 0.348 e. The minimum atomic E-state index is -3.36. The van der Waals surface area contributed by atoms with E-state index in [-0.39, 0.29) is 0 Å². The van der Waals surface area contributed by atoms with Crippen molar-refractivity contribution in [3.8, 4) is 0 Å². The van der Waals surface area contributed by atoms with E-state index in [2.05, 4.69) is 9.46 Å². The van der Waals surface area contributed by atoms with Crippen LogP contribution >= 0.6 is 11.3 Å². The van der Waals surface area contributed by atoms with Crippen LogP contribution in [0, 0.1) is 0 Å². The Hall–Kier alpha value is -1.08. The van der Waals surface area contributed by atoms with Crippen LogP contribution in [0.25, 0.3) is 0 Å². The molecular formula is C9H13NO4S2. The summed E-state index contributed by atoms with van der Waals surface area (Å²) in [4.78, 5) is 11.5. The number of methoxy groups -OCH3 is 1. The quantitative estimate of drug-likeness (QED) is 0.839. The van der Waals surface area contributed by atoms with Crippen LogP contribution in [0.3, 0.4) is 0 Å². The molecule has 1 heterocycles. The lowest BCUT2D eigenvalue weighted by Crippen LogP contribution is -2.21. The Balaban J connectivity index is 2.85. The van der Waals surface area contributed by atoms with E-state index in [0.29, 0.717) is 9.88 Å². The van der Waals surface area contributed by atoms with Crippen molar-refractivity contribution in [3.05, 3.63) is 17.0 Å². The van der Waals surface area contributed by atoms with Crippen LogP contribution in [0.15, 0.2) is 12.1 Å². The maximum Gasteiger partial charge on any atom is 0.348 e. The van der Waals surface area contributed by atoms with Gasteiger partial charge in [-0.3, -0.25) is 4.72 Å². The summed E-state index contributed by atoms with van der Waals surface area (Å²) in [6.07, 6.45) is 0. The number of ether oxygens (including phenoxy) is 1. The van der Waals surface area contributed by atoms with Gasteiger partial charge in [-0.2, -0.15) is 0 Å². The van der Waals surface area contributed by atoms with Crippen molar-refractivity contribution in [1.82, 2.24) is 0 Å². The largest absolute Gasteiger partial charge is 0.465 e. The summed E-state index contributed by atoms with van der Waals surface area (Å²) >= 11 is 1.05. The standard InChI is InChI=1S/C9H13NO4S2/c1-6(2)16(12,13)10-8-5-4-7(15-8)9(11)14-3/h4-6,10H,1-3H3. The summed E-state index contributed by atoms with van der Waals surface area (Å²) in [6, 6.07) is 3.06. The molecule has 0 saturated carbocycles. The van der Waals surface area contributed by atoms with E-state index in [9.17, 15) is 13.2 Å². The third kappa shape index (κ3) is 2.96. The molecule has 0 atom stereocenters. The fourth-order valence-corrected chi connectivity index (χ4v) is 2.64. The van der Waals surface area contributed by atoms with Gasteiger partial charge >= 0.3 is 5.97 Å². The van der Waals surface area contributed by atoms with Gasteiger partial charge in [0.2, 0.25) is 10.0 Å². The Labute approximate surface area is 98.5 Å². The highest BCUT2D eigenvalue weighted by molar-refractivity contribution is 7.93. The Kier molecular flexibility index (Phi) is 3.93. The number of sulfonamides is 1. The number of esters is 1. The van der Waals surface area contributed by atoms with Crippen LogP contribution in [0.2, 0.25) is 0 Å². The molecule has 0 aliphatic carbocycles. The SMILES string of the molecule is COC(=O)c1ccc(NS(=O)(=O)C(C)C)s1. The summed E-state index contributed by atoms with van der Waals surface area (Å²) in [6.45, 7) is 3.16. The minimum absolute atomic E-state index is 0.365. The summed E-state index contributed by atoms with van der Waals surface area (Å²) in [7, 11) is -2.08. The zero-order valence-corrected chi connectivity index (χ0v) is 10.8. The Bertz CT molecular complexity index is 475. The summed E-state index contributed by atoms with van der Waals surface area (Å²) < 4.78 is 30.0. The average molecular weight is 263 g/mol. The second-order valence-corrected chi connectivity index (χ2v) is 6.67. The van der Waals surface area contributed by atoms with Crippen LogP contribution < -0.4 is 4.72 Å². The highest BCUT2D eigenvalue weighted by atomic mass is 32.2. The third-order valence-electron chi connectivity index (χ3n) is 1.86. The molecule has 0 amide bonds. The normalized spacial score (nSPS) is 11.5. The molecule has 0 saturated heterocycles. The van der Waals surface area contributed by atoms with E-state index in [1.165, 1.54) is 19.2 Å². The van der Waals surface area contributed by atoms with Crippen molar-refractivity contribution in [2.45, 2.75) is 19.1 Å². The van der Waals surface area contributed by atoms with Crippen LogP contribution in [0.4, 0.5) is 5.00 Å². The first-order valence-electron chi connectivity index (χ1n) is 4.56. The lowest BCUT2D eigenvalue weighted by molar-refractivity contribution is 0.0606. The van der Waals surface area contributed by atoms with Gasteiger partial charge in [0.15, 0.2) is 0 Å². The van der Waals surface area contributed by atoms with Gasteiger partial charge in [0.1, 0.15) is 9.88 Å². The molecule has 0 spiro atoms. The van der Waals surface area contributed by atoms with Gasteiger partial charge < -0.3 is 4.74 Å². The Morgan fingerprint density at radius 3 is 2.56 bits per heavy atom. The fraction of sp³-hybridized carbons (Fsp3) is 0.444. The summed E-state index contributed by atoms with van der Waals surface area (Å²) in [5.74, 6) is -0.472. The summed E-state index contributed by atoms with van der Waals surface area (Å²) in [5.41, 5.74) is 0. The predicted molar refractivity (Wildman–Crippen MR) is 63.3 cm³/mol. The molecule has 1 aromatic rings. The van der Waals surface area contributed by atoms with Crippen LogP contribution in [0.5, 0.6) is 0 Å². The van der Waals surface area contributed by atoms with Crippen LogP contribution in [-0.2, 0) is 14.8 Å². The zero-order valence-electron chi connectivity index (χ0n) is 9.18. The number of rotatable bonds is 4. The first-order valence-corrected chi connectivity index (χ1v) is 6.93. The number of hydrogen-bond acceptors (Lipinski definition) is 5. The number of hydrogen-bond donors (Lipinski definition) is 1. The molecule has 0 aromatic carbocycles. The molecule has 0 fully saturated rings. The molecule has 90 valence electrons. The first-order chi connectivity index (χ1) is 7.36. The fourth-order valence-electron chi connectivity index (χ4n) is 0.861. The van der Waals surface area contributed by atoms with Gasteiger partial charge in [0.05, 0.1) is 12.4 Å². The topological polar surface area (TPSA) is 72.5 Å². The van der Waals surface area contributed by atoms with Crippen molar-refractivity contribution in [2.24, 2.45) is 0 Å². The maximum absolute atomic E-state index is 11.5. The van der Waals surface area contributed by atoms with Crippen molar-refractivity contribution in [1.29, 1.82) is 0 Å². The number of carbonyl (C=O) groups excluding carboxylic acids is 1. The number of nitrogens with one attached hydrogen (secondary N) is 1. The molecule has 1 aromatic heterocycles. The number of thiophene rings is 1. The second kappa shape index (κ2) is 4.84. The van der Waals surface area contributed by atoms with E-state index in [0.717, 1.165) is 11.3 Å². The molecule has 1 N–H and O–H groups in total. The first kappa shape index (κ1) is 13.0. The van der Waals surface area contributed by atoms with E-state index in [4.69, 9.17) is 0 Å². The monoisotopic (exact) mass is 263 g/mol. The van der Waals surface area contributed by atoms with Crippen molar-refractivity contribution >= 4 is 32.3 Å². The van der Waals surface area contributed by atoms with Crippen molar-refractivity contribution in [3.63, 3.8) is 0 Å². The van der Waals surface area contributed by atoms with Crippen molar-refractivity contribution in [2.75, 3.05) is 11.8 Å². The predicted octanol–water partition coefficient (Wildman–Crippen LogP) is 1.68. The third-order valence-corrected chi connectivity index (χ3v) is 4.71. The number of carbonyl (C=O) groups is 1. The Morgan fingerprint density at radius 1 is 1.44 bits per heavy atom. The molecule has 0 radical (unpaired) electrons. The molecule has 0 unspecified atom stereocenters. The molecular weight excluding hydrogens is 250 g/mol. The zero-order chi connectivity index (χ0) is 12.3. The van der Waals surface area contributed by atoms with Crippen molar-refractivity contribution < 1.29 is 17.9 Å². The highest BCUT2D eigenvalue weighted by Gasteiger charge is 2.17. The molecule has 1 rings (SSSR count). The van der Waals surface area contributed by atoms with Gasteiger partial charge in [-0.25, -0.2) is 13.2 Å². The van der Waals surface area contributed by atoms with Gasteiger partial charge in [-0.05, 0) is 26.0 Å². The van der Waals surface area contributed by atoms with Gasteiger partial charge in [0, 0.05) is 0 Å². The molecule has 0 bridgehead atoms. The minimum Gasteiger partial charge on any atom is -0.465 e. The maximum atomic E-state index is 11.5. The van der Waals surface area contributed by atoms with Crippen LogP contribution in [0.1, 0.15) is 23.5 Å². The number of anilines is 1.